The Balaban J connectivity index is 0.000000218. The van der Waals surface area contributed by atoms with Crippen LogP contribution in [0.4, 0.5) is 38.9 Å². The van der Waals surface area contributed by atoms with Gasteiger partial charge in [0, 0.05) is 71.0 Å². The van der Waals surface area contributed by atoms with Crippen LogP contribution in [0.1, 0.15) is 55.8 Å². The first-order valence-electron chi connectivity index (χ1n) is 18.9. The molecule has 57 heavy (non-hydrogen) atoms. The predicted molar refractivity (Wildman–Crippen MR) is 241 cm³/mol. The summed E-state index contributed by atoms with van der Waals surface area (Å²) in [4.78, 5) is 20.8. The number of rotatable bonds is 17. The molecule has 0 saturated heterocycles. The minimum atomic E-state index is -0.192. The Labute approximate surface area is 339 Å². The van der Waals surface area contributed by atoms with Gasteiger partial charge < -0.3 is 50.8 Å². The summed E-state index contributed by atoms with van der Waals surface area (Å²) >= 11 is 0. The highest BCUT2D eigenvalue weighted by Gasteiger charge is 2.23. The van der Waals surface area contributed by atoms with Crippen LogP contribution in [0.15, 0.2) is 95.2 Å². The molecule has 13 nitrogen and oxygen atoms in total. The van der Waals surface area contributed by atoms with Crippen LogP contribution < -0.4 is 50.8 Å². The van der Waals surface area contributed by atoms with Gasteiger partial charge in [-0.2, -0.15) is 0 Å². The molecule has 6 rings (SSSR count). The maximum absolute atomic E-state index is 11.7. The Morgan fingerprint density at radius 3 is 1.49 bits per heavy atom. The smallest absolute Gasteiger partial charge is 0.319 e. The number of aliphatic imine (C=N–C) groups is 2. The van der Waals surface area contributed by atoms with Crippen LogP contribution >= 0.6 is 17.2 Å². The summed E-state index contributed by atoms with van der Waals surface area (Å²) in [7, 11) is 7.56. The molecule has 6 N–H and O–H groups in total. The minimum absolute atomic E-state index is 0.0963. The molecule has 2 aliphatic rings. The fourth-order valence-electron chi connectivity index (χ4n) is 5.92. The lowest BCUT2D eigenvalue weighted by atomic mass is 10.1. The summed E-state index contributed by atoms with van der Waals surface area (Å²) in [6.45, 7) is 9.80. The second-order valence-corrected chi connectivity index (χ2v) is 15.3. The van der Waals surface area contributed by atoms with E-state index in [1.54, 1.807) is 28.4 Å². The SMILES string of the molecule is C=C(NCCCC)Nc1ccc(NC2PC=Nc3cc(OC)c(OC)cc32)cc1.CCCNC(=O)Nc1ccc(NC2PC=Nc3cc(OC)c(OC)cc32)cc1. The van der Waals surface area contributed by atoms with Crippen molar-refractivity contribution in [1.82, 2.24) is 10.6 Å². The van der Waals surface area contributed by atoms with Gasteiger partial charge in [0.2, 0.25) is 0 Å². The van der Waals surface area contributed by atoms with Crippen LogP contribution in [0.25, 0.3) is 0 Å². The first kappa shape index (κ1) is 42.6. The van der Waals surface area contributed by atoms with Gasteiger partial charge in [0.05, 0.1) is 57.2 Å². The van der Waals surface area contributed by atoms with E-state index in [-0.39, 0.29) is 17.6 Å². The van der Waals surface area contributed by atoms with Crippen molar-refractivity contribution in [2.45, 2.75) is 44.7 Å². The van der Waals surface area contributed by atoms with E-state index in [0.717, 1.165) is 76.9 Å². The molecule has 2 heterocycles. The predicted octanol–water partition coefficient (Wildman–Crippen LogP) is 10.1. The summed E-state index contributed by atoms with van der Waals surface area (Å²) in [6.07, 6.45) is 3.20. The third-order valence-electron chi connectivity index (χ3n) is 8.93. The van der Waals surface area contributed by atoms with E-state index in [1.165, 1.54) is 0 Å². The average Bonchev–Trinajstić information content (AvgIpc) is 3.23. The van der Waals surface area contributed by atoms with Crippen LogP contribution in [0.2, 0.25) is 0 Å². The topological polar surface area (TPSA) is 151 Å². The number of ether oxygens (including phenoxy) is 4. The molecule has 4 atom stereocenters. The highest BCUT2D eigenvalue weighted by molar-refractivity contribution is 7.56. The van der Waals surface area contributed by atoms with Crippen molar-refractivity contribution >= 4 is 69.2 Å². The molecule has 4 aromatic carbocycles. The van der Waals surface area contributed by atoms with Crippen LogP contribution in [0.5, 0.6) is 23.0 Å². The number of carbonyl (C=O) groups is 1. The van der Waals surface area contributed by atoms with Gasteiger partial charge in [0.15, 0.2) is 23.0 Å². The van der Waals surface area contributed by atoms with Gasteiger partial charge in [-0.05, 0) is 90.7 Å². The van der Waals surface area contributed by atoms with Crippen molar-refractivity contribution in [2.75, 3.05) is 62.8 Å². The second-order valence-electron chi connectivity index (χ2n) is 13.0. The standard InChI is InChI=1S/C22H29N4O2P.C20H25N4O3P/c1-5-6-11-23-15(2)25-16-7-9-17(10-8-16)26-22-18-12-20(27-3)21(28-4)13-19(18)24-14-29-22;1-4-9-21-20(25)24-14-7-5-13(6-8-14)23-19-15-10-17(26-2)18(27-3)11-16(15)22-12-28-19/h7-10,12-14,22-23,25-26,29H,2,5-6,11H2,1,3-4H3;5-8,10-12,19,23,28H,4,9H2,1-3H3,(H2,21,24,25). The number of methoxy groups -OCH3 is 4. The van der Waals surface area contributed by atoms with E-state index < -0.39 is 0 Å². The molecule has 0 saturated carbocycles. The summed E-state index contributed by atoms with van der Waals surface area (Å²) in [5.41, 5.74) is 7.73. The zero-order valence-electron chi connectivity index (χ0n) is 33.4. The van der Waals surface area contributed by atoms with Crippen LogP contribution in [0.3, 0.4) is 0 Å². The van der Waals surface area contributed by atoms with E-state index in [0.29, 0.717) is 46.7 Å². The van der Waals surface area contributed by atoms with Gasteiger partial charge in [0.25, 0.3) is 0 Å². The van der Waals surface area contributed by atoms with E-state index in [9.17, 15) is 4.79 Å². The molecule has 4 aromatic rings. The Morgan fingerprint density at radius 2 is 1.05 bits per heavy atom. The molecular formula is C42H54N8O5P2. The van der Waals surface area contributed by atoms with Gasteiger partial charge in [0.1, 0.15) is 0 Å². The third-order valence-corrected chi connectivity index (χ3v) is 11.1. The zero-order chi connectivity index (χ0) is 40.6. The molecule has 302 valence electrons. The average molecular weight is 813 g/mol. The molecule has 4 unspecified atom stereocenters. The molecule has 2 aliphatic heterocycles. The lowest BCUT2D eigenvalue weighted by molar-refractivity contribution is 0.252. The Morgan fingerprint density at radius 1 is 0.614 bits per heavy atom. The fourth-order valence-corrected chi connectivity index (χ4v) is 7.96. The number of urea groups is 1. The summed E-state index contributed by atoms with van der Waals surface area (Å²) < 4.78 is 21.7. The normalized spacial score (nSPS) is 15.5. The molecule has 0 aromatic heterocycles. The first-order chi connectivity index (χ1) is 27.8. The molecular weight excluding hydrogens is 758 g/mol. The first-order valence-corrected chi connectivity index (χ1v) is 21.2. The van der Waals surface area contributed by atoms with Crippen molar-refractivity contribution in [3.8, 4) is 23.0 Å². The number of nitrogens with one attached hydrogen (secondary N) is 6. The molecule has 2 amide bonds. The van der Waals surface area contributed by atoms with E-state index in [2.05, 4.69) is 67.5 Å². The van der Waals surface area contributed by atoms with E-state index in [4.69, 9.17) is 18.9 Å². The number of carbonyl (C=O) groups excluding carboxylic acids is 1. The molecule has 0 bridgehead atoms. The van der Waals surface area contributed by atoms with Crippen molar-refractivity contribution in [3.63, 3.8) is 0 Å². The van der Waals surface area contributed by atoms with Gasteiger partial charge >= 0.3 is 6.03 Å². The van der Waals surface area contributed by atoms with Crippen molar-refractivity contribution in [2.24, 2.45) is 9.98 Å². The van der Waals surface area contributed by atoms with Crippen molar-refractivity contribution in [3.05, 3.63) is 96.3 Å². The van der Waals surface area contributed by atoms with Crippen LogP contribution in [-0.2, 0) is 0 Å². The van der Waals surface area contributed by atoms with Gasteiger partial charge in [-0.3, -0.25) is 9.98 Å². The zero-order valence-corrected chi connectivity index (χ0v) is 35.4. The Hall–Kier alpha value is -5.51. The third kappa shape index (κ3) is 12.0. The van der Waals surface area contributed by atoms with Gasteiger partial charge in [-0.25, -0.2) is 4.79 Å². The number of fused-ring (bicyclic) bond motifs is 2. The van der Waals surface area contributed by atoms with E-state index in [1.807, 2.05) is 79.5 Å². The number of amides is 2. The molecule has 15 heteroatoms. The molecule has 0 radical (unpaired) electrons. The van der Waals surface area contributed by atoms with Crippen LogP contribution in [0, 0.1) is 0 Å². The van der Waals surface area contributed by atoms with Gasteiger partial charge in [-0.15, -0.1) is 0 Å². The minimum Gasteiger partial charge on any atom is -0.493 e. The summed E-state index contributed by atoms with van der Waals surface area (Å²) in [5.74, 6) is 7.72. The number of benzene rings is 4. The summed E-state index contributed by atoms with van der Waals surface area (Å²) in [5, 5.41) is 19.3. The van der Waals surface area contributed by atoms with Gasteiger partial charge in [-0.1, -0.05) is 26.8 Å². The summed E-state index contributed by atoms with van der Waals surface area (Å²) in [6, 6.07) is 23.5. The molecule has 0 spiro atoms. The Kier molecular flexibility index (Phi) is 16.2. The van der Waals surface area contributed by atoms with E-state index >= 15 is 0 Å². The fraction of sp³-hybridized carbons (Fsp3) is 0.310. The monoisotopic (exact) mass is 812 g/mol. The highest BCUT2D eigenvalue weighted by atomic mass is 31.1. The molecule has 0 fully saturated rings. The maximum Gasteiger partial charge on any atom is 0.319 e. The Bertz CT molecular complexity index is 2010. The number of hydrogen-bond donors (Lipinski definition) is 6. The van der Waals surface area contributed by atoms with Crippen LogP contribution in [-0.4, -0.2) is 59.5 Å². The second kappa shape index (κ2) is 21.7. The van der Waals surface area contributed by atoms with Crippen molar-refractivity contribution in [1.29, 1.82) is 0 Å². The quantitative estimate of drug-likeness (QED) is 0.0452. The maximum atomic E-state index is 11.7. The number of nitrogens with zero attached hydrogens (tertiary/aromatic N) is 2. The number of unbranched alkanes of at least 4 members (excludes halogenated alkanes) is 1. The molecule has 0 aliphatic carbocycles. The van der Waals surface area contributed by atoms with Crippen molar-refractivity contribution < 1.29 is 23.7 Å². The largest absolute Gasteiger partial charge is 0.493 e. The lowest BCUT2D eigenvalue weighted by Crippen LogP contribution is -2.29. The number of anilines is 4. The highest BCUT2D eigenvalue weighted by Crippen LogP contribution is 2.48. The lowest BCUT2D eigenvalue weighted by Gasteiger charge is -2.24. The number of hydrogen-bond acceptors (Lipinski definition) is 11.